The summed E-state index contributed by atoms with van der Waals surface area (Å²) < 4.78 is 10.7. The zero-order valence-electron chi connectivity index (χ0n) is 20.3. The first-order chi connectivity index (χ1) is 16.8. The standard InChI is InChI=1S/C25H29N5O5/c1-16-7-12-19(20(14-16)34-4)35-25(33)28(2)13-5-6-21-26-22(24(32)29(3)17-8-9-17)23(27-21)30(15-31)18-10-11-18/h7,12,14-15,17-18H,8-11,13H2,1-4H3,(H,26,27). The molecule has 184 valence electrons. The van der Waals surface area contributed by atoms with Gasteiger partial charge in [-0.25, -0.2) is 9.78 Å². The lowest BCUT2D eigenvalue weighted by Crippen LogP contribution is -2.32. The Morgan fingerprint density at radius 1 is 1.17 bits per heavy atom. The maximum absolute atomic E-state index is 13.0. The summed E-state index contributed by atoms with van der Waals surface area (Å²) in [4.78, 5) is 49.1. The predicted octanol–water partition coefficient (Wildman–Crippen LogP) is 2.57. The molecule has 3 amide bonds. The van der Waals surface area contributed by atoms with Crippen molar-refractivity contribution in [2.24, 2.45) is 0 Å². The van der Waals surface area contributed by atoms with Gasteiger partial charge in [0.15, 0.2) is 23.1 Å². The second kappa shape index (κ2) is 10.1. The number of aromatic nitrogens is 2. The fourth-order valence-corrected chi connectivity index (χ4v) is 3.56. The van der Waals surface area contributed by atoms with Crippen LogP contribution in [-0.2, 0) is 4.79 Å². The smallest absolute Gasteiger partial charge is 0.415 e. The van der Waals surface area contributed by atoms with E-state index in [1.54, 1.807) is 31.1 Å². The molecule has 0 bridgehead atoms. The lowest BCUT2D eigenvalue weighted by atomic mass is 10.2. The maximum atomic E-state index is 13.0. The minimum absolute atomic E-state index is 0.0501. The van der Waals surface area contributed by atoms with Crippen molar-refractivity contribution in [2.45, 2.75) is 44.7 Å². The fourth-order valence-electron chi connectivity index (χ4n) is 3.56. The number of nitrogens with one attached hydrogen (secondary N) is 1. The summed E-state index contributed by atoms with van der Waals surface area (Å²) in [6.45, 7) is 1.98. The van der Waals surface area contributed by atoms with Crippen LogP contribution in [0.15, 0.2) is 18.2 Å². The van der Waals surface area contributed by atoms with Crippen molar-refractivity contribution in [1.29, 1.82) is 0 Å². The van der Waals surface area contributed by atoms with Crippen LogP contribution in [-0.4, -0.2) is 78.0 Å². The number of rotatable bonds is 8. The largest absolute Gasteiger partial charge is 0.493 e. The van der Waals surface area contributed by atoms with Crippen LogP contribution in [0.1, 0.15) is 47.6 Å². The number of benzene rings is 1. The van der Waals surface area contributed by atoms with Crippen molar-refractivity contribution in [3.05, 3.63) is 35.3 Å². The first-order valence-corrected chi connectivity index (χ1v) is 11.5. The summed E-state index contributed by atoms with van der Waals surface area (Å²) in [6.07, 6.45) is 3.80. The third kappa shape index (κ3) is 5.57. The minimum atomic E-state index is -0.593. The van der Waals surface area contributed by atoms with Crippen LogP contribution >= 0.6 is 0 Å². The third-order valence-corrected chi connectivity index (χ3v) is 5.96. The molecule has 0 unspecified atom stereocenters. The number of nitrogens with zero attached hydrogens (tertiary/aromatic N) is 4. The van der Waals surface area contributed by atoms with E-state index in [1.807, 2.05) is 13.0 Å². The Labute approximate surface area is 204 Å². The van der Waals surface area contributed by atoms with Crippen molar-refractivity contribution in [1.82, 2.24) is 19.8 Å². The highest BCUT2D eigenvalue weighted by Gasteiger charge is 2.37. The Morgan fingerprint density at radius 2 is 1.89 bits per heavy atom. The highest BCUT2D eigenvalue weighted by atomic mass is 16.6. The van der Waals surface area contributed by atoms with E-state index < -0.39 is 6.09 Å². The number of ether oxygens (including phenoxy) is 2. The average molecular weight is 480 g/mol. The Bertz CT molecular complexity index is 1190. The molecule has 1 aromatic heterocycles. The molecule has 1 aromatic carbocycles. The molecule has 4 rings (SSSR count). The second-order valence-electron chi connectivity index (χ2n) is 8.86. The summed E-state index contributed by atoms with van der Waals surface area (Å²) in [6, 6.07) is 5.54. The van der Waals surface area contributed by atoms with Gasteiger partial charge in [-0.2, -0.15) is 0 Å². The maximum Gasteiger partial charge on any atom is 0.415 e. The van der Waals surface area contributed by atoms with Crippen LogP contribution in [0.5, 0.6) is 11.5 Å². The number of carbonyl (C=O) groups excluding carboxylic acids is 3. The zero-order chi connectivity index (χ0) is 25.1. The Balaban J connectivity index is 1.47. The van der Waals surface area contributed by atoms with Crippen molar-refractivity contribution >= 4 is 24.2 Å². The monoisotopic (exact) mass is 479 g/mol. The van der Waals surface area contributed by atoms with Crippen LogP contribution in [0.25, 0.3) is 0 Å². The molecule has 10 nitrogen and oxygen atoms in total. The quantitative estimate of drug-likeness (QED) is 0.461. The molecular weight excluding hydrogens is 450 g/mol. The predicted molar refractivity (Wildman–Crippen MR) is 129 cm³/mol. The number of methoxy groups -OCH3 is 1. The van der Waals surface area contributed by atoms with Gasteiger partial charge in [0, 0.05) is 26.2 Å². The first-order valence-electron chi connectivity index (χ1n) is 11.5. The van der Waals surface area contributed by atoms with Gasteiger partial charge in [-0.15, -0.1) is 0 Å². The van der Waals surface area contributed by atoms with Crippen LogP contribution < -0.4 is 14.4 Å². The number of aromatic amines is 1. The zero-order valence-corrected chi connectivity index (χ0v) is 20.3. The summed E-state index contributed by atoms with van der Waals surface area (Å²) in [5, 5.41) is 0. The van der Waals surface area contributed by atoms with Gasteiger partial charge in [-0.1, -0.05) is 12.0 Å². The van der Waals surface area contributed by atoms with Crippen molar-refractivity contribution in [2.75, 3.05) is 32.6 Å². The highest BCUT2D eigenvalue weighted by molar-refractivity contribution is 5.99. The third-order valence-electron chi connectivity index (χ3n) is 5.96. The number of H-pyrrole nitrogens is 1. The number of anilines is 1. The van der Waals surface area contributed by atoms with E-state index in [2.05, 4.69) is 21.8 Å². The van der Waals surface area contributed by atoms with E-state index in [1.165, 1.54) is 16.9 Å². The summed E-state index contributed by atoms with van der Waals surface area (Å²) in [7, 11) is 4.82. The molecular formula is C25H29N5O5. The second-order valence-corrected chi connectivity index (χ2v) is 8.86. The number of carbonyl (C=O) groups is 3. The van der Waals surface area contributed by atoms with Gasteiger partial charge in [0.25, 0.3) is 5.91 Å². The molecule has 2 saturated carbocycles. The SMILES string of the molecule is COc1cc(C)ccc1OC(=O)N(C)CC#Cc1nc(N(C=O)C2CC2)c(C(=O)N(C)C2CC2)[nH]1. The molecule has 0 radical (unpaired) electrons. The molecule has 0 spiro atoms. The number of aryl methyl sites for hydroxylation is 1. The molecule has 1 N–H and O–H groups in total. The average Bonchev–Trinajstić information content (AvgIpc) is 3.78. The van der Waals surface area contributed by atoms with E-state index in [-0.39, 0.29) is 36.1 Å². The molecule has 0 aliphatic heterocycles. The van der Waals surface area contributed by atoms with Gasteiger partial charge in [-0.3, -0.25) is 19.4 Å². The lowest BCUT2D eigenvalue weighted by Gasteiger charge is -2.19. The van der Waals surface area contributed by atoms with Crippen molar-refractivity contribution < 1.29 is 23.9 Å². The van der Waals surface area contributed by atoms with Crippen molar-refractivity contribution in [3.8, 4) is 23.3 Å². The molecule has 1 heterocycles. The number of hydrogen-bond acceptors (Lipinski definition) is 6. The van der Waals surface area contributed by atoms with Crippen molar-refractivity contribution in [3.63, 3.8) is 0 Å². The number of amides is 3. The van der Waals surface area contributed by atoms with Gasteiger partial charge in [-0.05, 0) is 56.2 Å². The van der Waals surface area contributed by atoms with E-state index in [0.29, 0.717) is 23.7 Å². The molecule has 2 aliphatic rings. The van der Waals surface area contributed by atoms with Gasteiger partial charge in [0.1, 0.15) is 5.69 Å². The Hall–Kier alpha value is -4.00. The van der Waals surface area contributed by atoms with E-state index >= 15 is 0 Å². The Morgan fingerprint density at radius 3 is 2.51 bits per heavy atom. The summed E-state index contributed by atoms with van der Waals surface area (Å²) >= 11 is 0. The van der Waals surface area contributed by atoms with E-state index in [0.717, 1.165) is 31.2 Å². The Kier molecular flexibility index (Phi) is 6.96. The highest BCUT2D eigenvalue weighted by Crippen LogP contribution is 2.33. The van der Waals surface area contributed by atoms with Gasteiger partial charge < -0.3 is 19.4 Å². The van der Waals surface area contributed by atoms with E-state index in [4.69, 9.17) is 9.47 Å². The van der Waals surface area contributed by atoms with Crippen LogP contribution in [0.3, 0.4) is 0 Å². The molecule has 35 heavy (non-hydrogen) atoms. The van der Waals surface area contributed by atoms with Crippen LogP contribution in [0.4, 0.5) is 10.6 Å². The summed E-state index contributed by atoms with van der Waals surface area (Å²) in [5.74, 6) is 6.83. The molecule has 0 atom stereocenters. The molecule has 2 aromatic rings. The first kappa shape index (κ1) is 24.1. The molecule has 0 saturated heterocycles. The molecule has 2 fully saturated rings. The topological polar surface area (TPSA) is 108 Å². The minimum Gasteiger partial charge on any atom is -0.493 e. The van der Waals surface area contributed by atoms with E-state index in [9.17, 15) is 14.4 Å². The molecule has 10 heteroatoms. The van der Waals surface area contributed by atoms with Gasteiger partial charge in [0.2, 0.25) is 6.41 Å². The number of hydrogen-bond donors (Lipinski definition) is 1. The number of imidazole rings is 1. The van der Waals surface area contributed by atoms with Gasteiger partial charge >= 0.3 is 6.09 Å². The summed E-state index contributed by atoms with van der Waals surface area (Å²) in [5.41, 5.74) is 1.23. The fraction of sp³-hybridized carbons (Fsp3) is 0.440. The molecule has 2 aliphatic carbocycles. The van der Waals surface area contributed by atoms with Crippen LogP contribution in [0, 0.1) is 18.8 Å². The van der Waals surface area contributed by atoms with Gasteiger partial charge in [0.05, 0.1) is 13.7 Å². The van der Waals surface area contributed by atoms with Crippen LogP contribution in [0.2, 0.25) is 0 Å². The normalized spacial score (nSPS) is 14.4. The lowest BCUT2D eigenvalue weighted by molar-refractivity contribution is -0.107.